The lowest BCUT2D eigenvalue weighted by atomic mass is 9.66. The van der Waals surface area contributed by atoms with Crippen molar-refractivity contribution in [3.05, 3.63) is 11.9 Å². The first-order chi connectivity index (χ1) is 7.77. The Labute approximate surface area is 99.8 Å². The van der Waals surface area contributed by atoms with E-state index in [1.165, 1.54) is 20.3 Å². The van der Waals surface area contributed by atoms with Crippen molar-refractivity contribution in [1.29, 1.82) is 0 Å². The van der Waals surface area contributed by atoms with Gasteiger partial charge < -0.3 is 9.47 Å². The summed E-state index contributed by atoms with van der Waals surface area (Å²) in [5.74, 6) is -1.99. The number of halogens is 1. The monoisotopic (exact) mass is 244 g/mol. The van der Waals surface area contributed by atoms with Gasteiger partial charge in [-0.25, -0.2) is 4.39 Å². The lowest BCUT2D eigenvalue weighted by Gasteiger charge is -2.37. The summed E-state index contributed by atoms with van der Waals surface area (Å²) in [6.07, 6.45) is 1.31. The van der Waals surface area contributed by atoms with E-state index in [1.807, 2.05) is 0 Å². The van der Waals surface area contributed by atoms with Gasteiger partial charge >= 0.3 is 11.9 Å². The third-order valence-electron chi connectivity index (χ3n) is 2.93. The first-order valence-corrected chi connectivity index (χ1v) is 5.31. The predicted molar refractivity (Wildman–Crippen MR) is 58.7 cm³/mol. The number of carbonyl (C=O) groups excluding carboxylic acids is 2. The maximum atomic E-state index is 13.6. The van der Waals surface area contributed by atoms with E-state index < -0.39 is 28.6 Å². The second kappa shape index (κ2) is 4.47. The van der Waals surface area contributed by atoms with Gasteiger partial charge in [-0.1, -0.05) is 13.8 Å². The number of methoxy groups -OCH3 is 2. The summed E-state index contributed by atoms with van der Waals surface area (Å²) in [6, 6.07) is 0. The fraction of sp³-hybridized carbons (Fsp3) is 0.667. The van der Waals surface area contributed by atoms with Gasteiger partial charge in [-0.05, 0) is 17.9 Å². The van der Waals surface area contributed by atoms with Crippen LogP contribution in [-0.4, -0.2) is 26.2 Å². The molecule has 0 aromatic heterocycles. The SMILES string of the molecule is COC(=O)C1(C(=O)OC)CC(F)=CC(C)(C)C1. The summed E-state index contributed by atoms with van der Waals surface area (Å²) in [5.41, 5.74) is -2.16. The molecule has 1 rings (SSSR count). The lowest BCUT2D eigenvalue weighted by Crippen LogP contribution is -2.46. The first kappa shape index (κ1) is 13.7. The smallest absolute Gasteiger partial charge is 0.323 e. The van der Waals surface area contributed by atoms with Crippen molar-refractivity contribution >= 4 is 11.9 Å². The molecule has 1 aliphatic rings. The van der Waals surface area contributed by atoms with Crippen LogP contribution in [0, 0.1) is 10.8 Å². The second-order valence-corrected chi connectivity index (χ2v) is 5.00. The zero-order chi connectivity index (χ0) is 13.3. The molecular formula is C12H17FO4. The van der Waals surface area contributed by atoms with E-state index in [9.17, 15) is 14.0 Å². The molecule has 0 amide bonds. The molecule has 0 aliphatic heterocycles. The molecule has 0 atom stereocenters. The number of esters is 2. The lowest BCUT2D eigenvalue weighted by molar-refractivity contribution is -0.172. The van der Waals surface area contributed by atoms with Gasteiger partial charge in [0.1, 0.15) is 0 Å². The first-order valence-electron chi connectivity index (χ1n) is 5.31. The summed E-state index contributed by atoms with van der Waals surface area (Å²) in [7, 11) is 2.35. The molecule has 1 aliphatic carbocycles. The number of ether oxygens (including phenoxy) is 2. The Morgan fingerprint density at radius 2 is 1.71 bits per heavy atom. The molecule has 0 radical (unpaired) electrons. The third-order valence-corrected chi connectivity index (χ3v) is 2.93. The minimum Gasteiger partial charge on any atom is -0.468 e. The molecule has 4 nitrogen and oxygen atoms in total. The number of rotatable bonds is 2. The highest BCUT2D eigenvalue weighted by atomic mass is 19.1. The van der Waals surface area contributed by atoms with E-state index in [4.69, 9.17) is 0 Å². The van der Waals surface area contributed by atoms with Crippen LogP contribution in [0.15, 0.2) is 11.9 Å². The molecule has 5 heteroatoms. The minimum absolute atomic E-state index is 0.173. The molecule has 0 saturated heterocycles. The molecule has 0 unspecified atom stereocenters. The van der Waals surface area contributed by atoms with Crippen LogP contribution in [-0.2, 0) is 19.1 Å². The fourth-order valence-corrected chi connectivity index (χ4v) is 2.42. The van der Waals surface area contributed by atoms with E-state index in [2.05, 4.69) is 9.47 Å². The maximum Gasteiger partial charge on any atom is 0.323 e. The second-order valence-electron chi connectivity index (χ2n) is 5.00. The zero-order valence-corrected chi connectivity index (χ0v) is 10.5. The number of hydrogen-bond acceptors (Lipinski definition) is 4. The zero-order valence-electron chi connectivity index (χ0n) is 10.5. The molecule has 96 valence electrons. The van der Waals surface area contributed by atoms with Crippen molar-refractivity contribution < 1.29 is 23.5 Å². The Hall–Kier alpha value is -1.39. The van der Waals surface area contributed by atoms with Crippen LogP contribution in [0.2, 0.25) is 0 Å². The molecular weight excluding hydrogens is 227 g/mol. The summed E-state index contributed by atoms with van der Waals surface area (Å²) < 4.78 is 22.9. The molecule has 0 aromatic rings. The van der Waals surface area contributed by atoms with Crippen LogP contribution in [0.5, 0.6) is 0 Å². The fourth-order valence-electron chi connectivity index (χ4n) is 2.42. The predicted octanol–water partition coefficient (Wildman–Crippen LogP) is 1.99. The molecule has 0 spiro atoms. The van der Waals surface area contributed by atoms with Crippen molar-refractivity contribution in [2.45, 2.75) is 26.7 Å². The van der Waals surface area contributed by atoms with Crippen LogP contribution in [0.25, 0.3) is 0 Å². The van der Waals surface area contributed by atoms with Crippen molar-refractivity contribution in [2.24, 2.45) is 10.8 Å². The normalized spacial score (nSPS) is 21.4. The van der Waals surface area contributed by atoms with E-state index in [0.717, 1.165) is 0 Å². The number of allylic oxidation sites excluding steroid dienone is 2. The highest BCUT2D eigenvalue weighted by Crippen LogP contribution is 2.46. The van der Waals surface area contributed by atoms with Crippen molar-refractivity contribution in [3.8, 4) is 0 Å². The molecule has 0 bridgehead atoms. The minimum atomic E-state index is -1.56. The summed E-state index contributed by atoms with van der Waals surface area (Å²) >= 11 is 0. The molecule has 0 fully saturated rings. The average molecular weight is 244 g/mol. The molecule has 0 N–H and O–H groups in total. The summed E-state index contributed by atoms with van der Waals surface area (Å²) in [4.78, 5) is 23.6. The van der Waals surface area contributed by atoms with Crippen LogP contribution < -0.4 is 0 Å². The maximum absolute atomic E-state index is 13.6. The molecule has 0 heterocycles. The Bertz CT molecular complexity index is 355. The van der Waals surface area contributed by atoms with E-state index in [0.29, 0.717) is 0 Å². The van der Waals surface area contributed by atoms with Gasteiger partial charge in [-0.3, -0.25) is 9.59 Å². The van der Waals surface area contributed by atoms with Crippen molar-refractivity contribution in [3.63, 3.8) is 0 Å². The van der Waals surface area contributed by atoms with Crippen LogP contribution in [0.1, 0.15) is 26.7 Å². The van der Waals surface area contributed by atoms with Crippen LogP contribution in [0.3, 0.4) is 0 Å². The highest BCUT2D eigenvalue weighted by Gasteiger charge is 2.54. The highest BCUT2D eigenvalue weighted by molar-refractivity contribution is 6.00. The summed E-state index contributed by atoms with van der Waals surface area (Å²) in [5, 5.41) is 0. The largest absolute Gasteiger partial charge is 0.468 e. The van der Waals surface area contributed by atoms with Gasteiger partial charge in [0.15, 0.2) is 5.41 Å². The van der Waals surface area contributed by atoms with Crippen molar-refractivity contribution in [1.82, 2.24) is 0 Å². The van der Waals surface area contributed by atoms with Crippen LogP contribution >= 0.6 is 0 Å². The van der Waals surface area contributed by atoms with E-state index in [-0.39, 0.29) is 12.8 Å². The Balaban J connectivity index is 3.23. The number of carbonyl (C=O) groups is 2. The van der Waals surface area contributed by atoms with Gasteiger partial charge in [-0.15, -0.1) is 0 Å². The van der Waals surface area contributed by atoms with Gasteiger partial charge in [0.05, 0.1) is 20.0 Å². The van der Waals surface area contributed by atoms with Crippen molar-refractivity contribution in [2.75, 3.05) is 14.2 Å². The standard InChI is InChI=1S/C12H17FO4/c1-11(2)5-8(13)6-12(7-11,9(14)16-3)10(15)17-4/h5H,6-7H2,1-4H3. The number of hydrogen-bond donors (Lipinski definition) is 0. The quantitative estimate of drug-likeness (QED) is 0.550. The third kappa shape index (κ3) is 2.48. The Morgan fingerprint density at radius 1 is 1.24 bits per heavy atom. The van der Waals surface area contributed by atoms with Gasteiger partial charge in [0, 0.05) is 6.42 Å². The van der Waals surface area contributed by atoms with Gasteiger partial charge in [-0.2, -0.15) is 0 Å². The van der Waals surface area contributed by atoms with E-state index >= 15 is 0 Å². The Kier molecular flexibility index (Phi) is 3.59. The Morgan fingerprint density at radius 3 is 2.06 bits per heavy atom. The molecule has 17 heavy (non-hydrogen) atoms. The van der Waals surface area contributed by atoms with Crippen LogP contribution in [0.4, 0.5) is 4.39 Å². The molecule has 0 aromatic carbocycles. The average Bonchev–Trinajstić information content (AvgIpc) is 2.23. The van der Waals surface area contributed by atoms with E-state index in [1.54, 1.807) is 13.8 Å². The molecule has 0 saturated carbocycles. The van der Waals surface area contributed by atoms with Gasteiger partial charge in [0.2, 0.25) is 0 Å². The topological polar surface area (TPSA) is 52.6 Å². The van der Waals surface area contributed by atoms with Gasteiger partial charge in [0.25, 0.3) is 0 Å². The summed E-state index contributed by atoms with van der Waals surface area (Å²) in [6.45, 7) is 3.51.